The molecule has 0 aliphatic heterocycles. The molecule has 2 nitrogen and oxygen atoms in total. The highest BCUT2D eigenvalue weighted by atomic mass is 19.4. The Labute approximate surface area is 97.4 Å². The molecule has 0 saturated carbocycles. The van der Waals surface area contributed by atoms with E-state index in [1.165, 1.54) is 26.0 Å². The van der Waals surface area contributed by atoms with Crippen LogP contribution in [0.15, 0.2) is 12.1 Å². The molecule has 0 saturated heterocycles. The number of carbonyl (C=O) groups is 1. The van der Waals surface area contributed by atoms with Gasteiger partial charge < -0.3 is 4.74 Å². The van der Waals surface area contributed by atoms with Gasteiger partial charge in [0.05, 0.1) is 12.2 Å². The average Bonchev–Trinajstić information content (AvgIpc) is 2.15. The van der Waals surface area contributed by atoms with E-state index in [1.807, 2.05) is 0 Å². The Hall–Kier alpha value is -1.52. The monoisotopic (exact) mass is 246 g/mol. The van der Waals surface area contributed by atoms with Crippen molar-refractivity contribution in [3.05, 3.63) is 28.8 Å². The molecule has 17 heavy (non-hydrogen) atoms. The Morgan fingerprint density at radius 1 is 1.35 bits per heavy atom. The van der Waals surface area contributed by atoms with Gasteiger partial charge in [0, 0.05) is 0 Å². The van der Waals surface area contributed by atoms with Crippen LogP contribution in [-0.2, 0) is 6.18 Å². The molecule has 0 amide bonds. The molecule has 0 fully saturated rings. The van der Waals surface area contributed by atoms with Crippen LogP contribution in [-0.4, -0.2) is 12.4 Å². The highest BCUT2D eigenvalue weighted by Crippen LogP contribution is 2.40. The minimum absolute atomic E-state index is 0.0372. The number of rotatable bonds is 3. The molecule has 0 bridgehead atoms. The zero-order valence-electron chi connectivity index (χ0n) is 9.81. The standard InChI is InChI=1S/C12H13F3O2/c1-4-17-11-9(8(3)16)6-5-7(2)10(11)12(13,14)15/h5-6H,4H2,1-3H3. The highest BCUT2D eigenvalue weighted by Gasteiger charge is 2.37. The fraction of sp³-hybridized carbons (Fsp3) is 0.417. The van der Waals surface area contributed by atoms with Crippen LogP contribution in [0.4, 0.5) is 13.2 Å². The van der Waals surface area contributed by atoms with Gasteiger partial charge in [0.1, 0.15) is 11.3 Å². The topological polar surface area (TPSA) is 26.3 Å². The first-order valence-corrected chi connectivity index (χ1v) is 5.13. The van der Waals surface area contributed by atoms with E-state index in [0.717, 1.165) is 0 Å². The third-order valence-corrected chi connectivity index (χ3v) is 2.32. The van der Waals surface area contributed by atoms with Gasteiger partial charge in [0.2, 0.25) is 0 Å². The number of ketones is 1. The fourth-order valence-corrected chi connectivity index (χ4v) is 1.60. The van der Waals surface area contributed by atoms with Crippen LogP contribution in [0.1, 0.15) is 35.3 Å². The first kappa shape index (κ1) is 13.5. The van der Waals surface area contributed by atoms with E-state index < -0.39 is 17.5 Å². The van der Waals surface area contributed by atoms with Crippen LogP contribution < -0.4 is 4.74 Å². The number of carbonyl (C=O) groups excluding carboxylic acids is 1. The molecule has 5 heteroatoms. The molecule has 94 valence electrons. The van der Waals surface area contributed by atoms with E-state index in [-0.39, 0.29) is 23.5 Å². The summed E-state index contributed by atoms with van der Waals surface area (Å²) in [4.78, 5) is 11.3. The van der Waals surface area contributed by atoms with Crippen molar-refractivity contribution in [1.82, 2.24) is 0 Å². The second-order valence-electron chi connectivity index (χ2n) is 3.62. The van der Waals surface area contributed by atoms with Crippen LogP contribution in [0.25, 0.3) is 0 Å². The molecule has 1 aromatic rings. The van der Waals surface area contributed by atoms with Gasteiger partial charge in [-0.15, -0.1) is 0 Å². The summed E-state index contributed by atoms with van der Waals surface area (Å²) in [6.45, 7) is 4.21. The predicted molar refractivity (Wildman–Crippen MR) is 57.4 cm³/mol. The number of Topliss-reactive ketones (excluding diaryl/α,β-unsaturated/α-hetero) is 1. The number of alkyl halides is 3. The summed E-state index contributed by atoms with van der Waals surface area (Å²) >= 11 is 0. The van der Waals surface area contributed by atoms with Gasteiger partial charge in [0.25, 0.3) is 0 Å². The van der Waals surface area contributed by atoms with Gasteiger partial charge in [-0.1, -0.05) is 6.07 Å². The number of benzene rings is 1. The lowest BCUT2D eigenvalue weighted by Gasteiger charge is -2.18. The van der Waals surface area contributed by atoms with Gasteiger partial charge in [-0.2, -0.15) is 13.2 Å². The van der Waals surface area contributed by atoms with E-state index in [4.69, 9.17) is 4.74 Å². The Morgan fingerprint density at radius 2 is 1.94 bits per heavy atom. The maximum absolute atomic E-state index is 12.9. The molecule has 0 spiro atoms. The average molecular weight is 246 g/mol. The lowest BCUT2D eigenvalue weighted by Crippen LogP contribution is -2.14. The Kier molecular flexibility index (Phi) is 3.80. The van der Waals surface area contributed by atoms with Crippen molar-refractivity contribution < 1.29 is 22.7 Å². The normalized spacial score (nSPS) is 11.4. The summed E-state index contributed by atoms with van der Waals surface area (Å²) < 4.78 is 43.6. The number of aryl methyl sites for hydroxylation is 1. The summed E-state index contributed by atoms with van der Waals surface area (Å²) in [5.74, 6) is -0.813. The fourth-order valence-electron chi connectivity index (χ4n) is 1.60. The lowest BCUT2D eigenvalue weighted by atomic mass is 10.0. The maximum Gasteiger partial charge on any atom is 0.420 e. The Balaban J connectivity index is 3.54. The van der Waals surface area contributed by atoms with Crippen molar-refractivity contribution in [2.75, 3.05) is 6.61 Å². The van der Waals surface area contributed by atoms with Crippen molar-refractivity contribution >= 4 is 5.78 Å². The van der Waals surface area contributed by atoms with Crippen LogP contribution in [0.3, 0.4) is 0 Å². The van der Waals surface area contributed by atoms with Crippen LogP contribution in [0.2, 0.25) is 0 Å². The van der Waals surface area contributed by atoms with Crippen molar-refractivity contribution in [2.45, 2.75) is 26.9 Å². The van der Waals surface area contributed by atoms with Gasteiger partial charge in [-0.05, 0) is 32.4 Å². The molecular weight excluding hydrogens is 233 g/mol. The van der Waals surface area contributed by atoms with E-state index in [1.54, 1.807) is 6.92 Å². The zero-order chi connectivity index (χ0) is 13.2. The van der Waals surface area contributed by atoms with Crippen molar-refractivity contribution in [3.8, 4) is 5.75 Å². The largest absolute Gasteiger partial charge is 0.492 e. The molecule has 0 N–H and O–H groups in total. The first-order valence-electron chi connectivity index (χ1n) is 5.13. The van der Waals surface area contributed by atoms with E-state index in [9.17, 15) is 18.0 Å². The van der Waals surface area contributed by atoms with Crippen molar-refractivity contribution in [3.63, 3.8) is 0 Å². The van der Waals surface area contributed by atoms with E-state index in [2.05, 4.69) is 0 Å². The van der Waals surface area contributed by atoms with E-state index in [0.29, 0.717) is 0 Å². The SMILES string of the molecule is CCOc1c(C(C)=O)ccc(C)c1C(F)(F)F. The highest BCUT2D eigenvalue weighted by molar-refractivity contribution is 5.97. The van der Waals surface area contributed by atoms with Crippen LogP contribution >= 0.6 is 0 Å². The minimum atomic E-state index is -4.53. The zero-order valence-corrected chi connectivity index (χ0v) is 9.81. The molecule has 0 atom stereocenters. The quantitative estimate of drug-likeness (QED) is 0.761. The molecule has 1 aromatic carbocycles. The van der Waals surface area contributed by atoms with Gasteiger partial charge in [0.15, 0.2) is 5.78 Å². The predicted octanol–water partition coefficient (Wildman–Crippen LogP) is 3.62. The smallest absolute Gasteiger partial charge is 0.420 e. The number of ether oxygens (including phenoxy) is 1. The van der Waals surface area contributed by atoms with Gasteiger partial charge in [-0.25, -0.2) is 0 Å². The molecule has 0 aromatic heterocycles. The molecule has 0 aliphatic carbocycles. The molecular formula is C12H13F3O2. The number of halogens is 3. The molecule has 0 aliphatic rings. The van der Waals surface area contributed by atoms with Gasteiger partial charge >= 0.3 is 6.18 Å². The Bertz CT molecular complexity index is 436. The minimum Gasteiger partial charge on any atom is -0.492 e. The lowest BCUT2D eigenvalue weighted by molar-refractivity contribution is -0.139. The van der Waals surface area contributed by atoms with Crippen molar-refractivity contribution in [2.24, 2.45) is 0 Å². The molecule has 0 unspecified atom stereocenters. The number of hydrogen-bond acceptors (Lipinski definition) is 2. The van der Waals surface area contributed by atoms with Crippen LogP contribution in [0, 0.1) is 6.92 Å². The first-order chi connectivity index (χ1) is 7.79. The third-order valence-electron chi connectivity index (χ3n) is 2.32. The second kappa shape index (κ2) is 4.77. The third kappa shape index (κ3) is 2.78. The van der Waals surface area contributed by atoms with Gasteiger partial charge in [-0.3, -0.25) is 4.79 Å². The molecule has 0 radical (unpaired) electrons. The summed E-state index contributed by atoms with van der Waals surface area (Å²) in [6, 6.07) is 2.64. The van der Waals surface area contributed by atoms with Crippen molar-refractivity contribution in [1.29, 1.82) is 0 Å². The summed E-state index contributed by atoms with van der Waals surface area (Å²) in [7, 11) is 0. The summed E-state index contributed by atoms with van der Waals surface area (Å²) in [5.41, 5.74) is -0.859. The maximum atomic E-state index is 12.9. The number of hydrogen-bond donors (Lipinski definition) is 0. The van der Waals surface area contributed by atoms with E-state index >= 15 is 0 Å². The summed E-state index contributed by atoms with van der Waals surface area (Å²) in [6.07, 6.45) is -4.53. The second-order valence-corrected chi connectivity index (χ2v) is 3.62. The molecule has 0 heterocycles. The molecule has 1 rings (SSSR count). The summed E-state index contributed by atoms with van der Waals surface area (Å²) in [5, 5.41) is 0. The Morgan fingerprint density at radius 3 is 2.35 bits per heavy atom. The van der Waals surface area contributed by atoms with Crippen LogP contribution in [0.5, 0.6) is 5.75 Å².